The first-order valence-electron chi connectivity index (χ1n) is 1.42. The van der Waals surface area contributed by atoms with Gasteiger partial charge < -0.3 is 5.11 Å². The average molecular weight is 93.2 g/mol. The average Bonchev–Trinajstić information content (AvgIpc) is 1.38. The van der Waals surface area contributed by atoms with Gasteiger partial charge in [-0.2, -0.15) is 0 Å². The van der Waals surface area contributed by atoms with E-state index >= 15 is 0 Å². The highest BCUT2D eigenvalue weighted by Gasteiger charge is 1.91. The first-order chi connectivity index (χ1) is 2.27. The Labute approximate surface area is 35.4 Å². The minimum absolute atomic E-state index is 0.233. The Balaban J connectivity index is 2.54. The van der Waals surface area contributed by atoms with Gasteiger partial charge in [0.15, 0.2) is 0 Å². The van der Waals surface area contributed by atoms with E-state index in [2.05, 4.69) is 0 Å². The summed E-state index contributed by atoms with van der Waals surface area (Å²) < 4.78 is 0. The molecular weight excluding hydrogens is 84.1 g/mol. The Morgan fingerprint density at radius 3 is 1.80 bits per heavy atom. The molecule has 0 saturated carbocycles. The maximum Gasteiger partial charge on any atom is 0.204 e. The monoisotopic (exact) mass is 93.0 g/mol. The second-order valence-electron chi connectivity index (χ2n) is 1.11. The van der Waals surface area contributed by atoms with Gasteiger partial charge in [-0.05, 0) is 0 Å². The zero-order chi connectivity index (χ0) is 4.28. The van der Waals surface area contributed by atoms with Gasteiger partial charge in [0, 0.05) is 10.9 Å². The van der Waals surface area contributed by atoms with E-state index in [0.717, 1.165) is 0 Å². The number of aliphatic hydroxyl groups excluding tert-OH is 1. The summed E-state index contributed by atoms with van der Waals surface area (Å²) in [7, 11) is 0.233. The Morgan fingerprint density at radius 2 is 1.80 bits per heavy atom. The molecule has 0 aliphatic rings. The molecule has 0 aromatic carbocycles. The van der Waals surface area contributed by atoms with Crippen LogP contribution >= 0.6 is 0 Å². The maximum atomic E-state index is 8.16. The van der Waals surface area contributed by atoms with E-state index in [0.29, 0.717) is 5.94 Å². The smallest absolute Gasteiger partial charge is 0.204 e. The van der Waals surface area contributed by atoms with Crippen molar-refractivity contribution >= 4 is 10.9 Å². The van der Waals surface area contributed by atoms with Gasteiger partial charge >= 0.3 is 0 Å². The summed E-state index contributed by atoms with van der Waals surface area (Å²) >= 11 is 0. The van der Waals surface area contributed by atoms with Crippen molar-refractivity contribution < 1.29 is 5.11 Å². The Hall–Kier alpha value is 0.310. The van der Waals surface area contributed by atoms with Crippen LogP contribution in [-0.4, -0.2) is 23.6 Å². The van der Waals surface area contributed by atoms with Gasteiger partial charge in [0.2, 0.25) is 5.94 Å². The zero-order valence-corrected chi connectivity index (χ0v) is 4.38. The Morgan fingerprint density at radius 1 is 1.60 bits per heavy atom. The fourth-order valence-electron chi connectivity index (χ4n) is 0. The molecule has 0 aromatic rings. The minimum atomic E-state index is 0.233. The van der Waals surface area contributed by atoms with E-state index in [1.165, 1.54) is 0 Å². The third kappa shape index (κ3) is 4.31. The van der Waals surface area contributed by atoms with E-state index in [1.807, 2.05) is 12.5 Å². The standard InChI is InChI=1S/C3H9OS/c1-5(2)3-4/h4H,3H2,1-2H3/q+1. The van der Waals surface area contributed by atoms with E-state index in [4.69, 9.17) is 5.11 Å². The highest BCUT2D eigenvalue weighted by molar-refractivity contribution is 7.95. The first-order valence-corrected chi connectivity index (χ1v) is 3.63. The molecule has 0 aliphatic carbocycles. The zero-order valence-electron chi connectivity index (χ0n) is 3.56. The Kier molecular flexibility index (Phi) is 2.70. The van der Waals surface area contributed by atoms with Crippen molar-refractivity contribution in [2.75, 3.05) is 18.5 Å². The molecule has 5 heavy (non-hydrogen) atoms. The summed E-state index contributed by atoms with van der Waals surface area (Å²) in [5.41, 5.74) is 0. The number of aliphatic hydroxyl groups is 1. The molecule has 0 aromatic heterocycles. The molecule has 0 fully saturated rings. The van der Waals surface area contributed by atoms with Crippen molar-refractivity contribution in [3.63, 3.8) is 0 Å². The third-order valence-corrected chi connectivity index (χ3v) is 0.775. The Bertz CT molecular complexity index is 20.9. The molecule has 0 amide bonds. The lowest BCUT2D eigenvalue weighted by Crippen LogP contribution is -1.98. The van der Waals surface area contributed by atoms with Crippen LogP contribution in [0.1, 0.15) is 0 Å². The quantitative estimate of drug-likeness (QED) is 0.446. The van der Waals surface area contributed by atoms with Crippen LogP contribution in [0.5, 0.6) is 0 Å². The summed E-state index contributed by atoms with van der Waals surface area (Å²) in [6.07, 6.45) is 4.00. The molecule has 0 atom stereocenters. The lowest BCUT2D eigenvalue weighted by Gasteiger charge is -1.80. The van der Waals surface area contributed by atoms with Gasteiger partial charge in [0.05, 0.1) is 12.5 Å². The molecule has 0 rings (SSSR count). The van der Waals surface area contributed by atoms with Gasteiger partial charge in [-0.1, -0.05) is 0 Å². The van der Waals surface area contributed by atoms with Gasteiger partial charge in [0.25, 0.3) is 0 Å². The molecule has 0 spiro atoms. The topological polar surface area (TPSA) is 20.2 Å². The molecular formula is C3H9OS+. The molecule has 1 N–H and O–H groups in total. The van der Waals surface area contributed by atoms with E-state index in [1.54, 1.807) is 0 Å². The van der Waals surface area contributed by atoms with Crippen molar-refractivity contribution in [2.24, 2.45) is 0 Å². The van der Waals surface area contributed by atoms with Crippen LogP contribution in [0, 0.1) is 0 Å². The van der Waals surface area contributed by atoms with Gasteiger partial charge in [-0.15, -0.1) is 0 Å². The summed E-state index contributed by atoms with van der Waals surface area (Å²) in [6.45, 7) is 0. The molecule has 0 radical (unpaired) electrons. The van der Waals surface area contributed by atoms with E-state index < -0.39 is 0 Å². The van der Waals surface area contributed by atoms with Crippen molar-refractivity contribution in [3.05, 3.63) is 0 Å². The van der Waals surface area contributed by atoms with Crippen molar-refractivity contribution in [1.29, 1.82) is 0 Å². The summed E-state index contributed by atoms with van der Waals surface area (Å²) in [5.74, 6) is 0.333. The lowest BCUT2D eigenvalue weighted by atomic mass is 11.7. The summed E-state index contributed by atoms with van der Waals surface area (Å²) in [6, 6.07) is 0. The highest BCUT2D eigenvalue weighted by atomic mass is 32.2. The molecule has 0 unspecified atom stereocenters. The number of rotatable bonds is 1. The van der Waals surface area contributed by atoms with E-state index in [-0.39, 0.29) is 10.9 Å². The molecule has 0 bridgehead atoms. The minimum Gasteiger partial charge on any atom is -0.352 e. The SMILES string of the molecule is C[S+](C)CO. The predicted molar refractivity (Wildman–Crippen MR) is 26.3 cm³/mol. The lowest BCUT2D eigenvalue weighted by molar-refractivity contribution is 0.373. The van der Waals surface area contributed by atoms with Crippen molar-refractivity contribution in [1.82, 2.24) is 0 Å². The third-order valence-electron chi connectivity index (χ3n) is 0.258. The van der Waals surface area contributed by atoms with Crippen LogP contribution in [0.25, 0.3) is 0 Å². The highest BCUT2D eigenvalue weighted by Crippen LogP contribution is 1.73. The fourth-order valence-corrected chi connectivity index (χ4v) is 0. The first kappa shape index (κ1) is 5.31. The van der Waals surface area contributed by atoms with Crippen LogP contribution in [0.4, 0.5) is 0 Å². The van der Waals surface area contributed by atoms with Gasteiger partial charge in [0.1, 0.15) is 0 Å². The molecule has 0 saturated heterocycles. The van der Waals surface area contributed by atoms with Crippen LogP contribution in [0.2, 0.25) is 0 Å². The molecule has 0 aliphatic heterocycles. The maximum absolute atomic E-state index is 8.16. The predicted octanol–water partition coefficient (Wildman–Crippen LogP) is -0.186. The van der Waals surface area contributed by atoms with Gasteiger partial charge in [-0.3, -0.25) is 0 Å². The summed E-state index contributed by atoms with van der Waals surface area (Å²) in [5, 5.41) is 8.16. The second-order valence-corrected chi connectivity index (χ2v) is 3.34. The largest absolute Gasteiger partial charge is 0.352 e. The van der Waals surface area contributed by atoms with Crippen molar-refractivity contribution in [3.8, 4) is 0 Å². The van der Waals surface area contributed by atoms with Crippen LogP contribution in [0.3, 0.4) is 0 Å². The fraction of sp³-hybridized carbons (Fsp3) is 1.00. The summed E-state index contributed by atoms with van der Waals surface area (Å²) in [4.78, 5) is 0. The molecule has 1 nitrogen and oxygen atoms in total. The van der Waals surface area contributed by atoms with Crippen LogP contribution < -0.4 is 0 Å². The molecule has 0 heterocycles. The van der Waals surface area contributed by atoms with Gasteiger partial charge in [-0.25, -0.2) is 0 Å². The van der Waals surface area contributed by atoms with E-state index in [9.17, 15) is 0 Å². The molecule has 32 valence electrons. The molecule has 2 heteroatoms. The van der Waals surface area contributed by atoms with Crippen molar-refractivity contribution in [2.45, 2.75) is 0 Å². The number of hydrogen-bond acceptors (Lipinski definition) is 1. The normalized spacial score (nSPS) is 9.60. The number of hydrogen-bond donors (Lipinski definition) is 1. The van der Waals surface area contributed by atoms with Crippen LogP contribution in [0.15, 0.2) is 0 Å². The van der Waals surface area contributed by atoms with Crippen LogP contribution in [-0.2, 0) is 10.9 Å². The second kappa shape index (κ2) is 2.54.